The molecule has 1 aromatic heterocycles. The highest BCUT2D eigenvalue weighted by atomic mass is 16.2. The van der Waals surface area contributed by atoms with Crippen molar-refractivity contribution in [3.8, 4) is 0 Å². The molecule has 0 bridgehead atoms. The summed E-state index contributed by atoms with van der Waals surface area (Å²) in [4.78, 5) is 45.4. The van der Waals surface area contributed by atoms with Crippen molar-refractivity contribution in [2.75, 3.05) is 43.9 Å². The number of aromatic amines is 1. The smallest absolute Gasteiger partial charge is 0.268 e. The zero-order chi connectivity index (χ0) is 26.4. The fourth-order valence-electron chi connectivity index (χ4n) is 5.01. The standard InChI is InChI=1S/C29H26N6O3/c1-33-13-15-34(16-14-33)27(36)19-10-9-18(11-12-24-20-5-2-3-8-23(20)31-32-24)25(17-19)35-28(37)21-6-4-7-22(30)26(21)29(35)38/h2-12,17H,13-16,30H2,1H3,(H,31,32)/b12-11+. The van der Waals surface area contributed by atoms with Crippen molar-refractivity contribution in [2.45, 2.75) is 0 Å². The number of nitrogens with zero attached hydrogens (tertiary/aromatic N) is 4. The summed E-state index contributed by atoms with van der Waals surface area (Å²) in [6.45, 7) is 2.80. The maximum atomic E-state index is 13.5. The van der Waals surface area contributed by atoms with E-state index in [-0.39, 0.29) is 22.7 Å². The summed E-state index contributed by atoms with van der Waals surface area (Å²) >= 11 is 0. The Morgan fingerprint density at radius 3 is 2.53 bits per heavy atom. The number of carbonyl (C=O) groups is 3. The van der Waals surface area contributed by atoms with Crippen molar-refractivity contribution < 1.29 is 14.4 Å². The van der Waals surface area contributed by atoms with E-state index >= 15 is 0 Å². The molecule has 0 spiro atoms. The van der Waals surface area contributed by atoms with Gasteiger partial charge in [0.2, 0.25) is 0 Å². The van der Waals surface area contributed by atoms with Gasteiger partial charge >= 0.3 is 0 Å². The molecule has 9 heteroatoms. The van der Waals surface area contributed by atoms with E-state index in [0.29, 0.717) is 29.9 Å². The van der Waals surface area contributed by atoms with Gasteiger partial charge in [-0.2, -0.15) is 5.10 Å². The first-order valence-corrected chi connectivity index (χ1v) is 12.4. The molecule has 3 heterocycles. The van der Waals surface area contributed by atoms with E-state index in [1.807, 2.05) is 37.4 Å². The highest BCUT2D eigenvalue weighted by Crippen LogP contribution is 2.35. The maximum absolute atomic E-state index is 13.5. The summed E-state index contributed by atoms with van der Waals surface area (Å²) in [5, 5.41) is 8.33. The Morgan fingerprint density at radius 1 is 0.947 bits per heavy atom. The quantitative estimate of drug-likeness (QED) is 0.323. The third-order valence-electron chi connectivity index (χ3n) is 7.18. The number of likely N-dealkylation sites (N-methyl/N-ethyl adjacent to an activating group) is 1. The van der Waals surface area contributed by atoms with Crippen molar-refractivity contribution in [1.82, 2.24) is 20.0 Å². The van der Waals surface area contributed by atoms with Crippen LogP contribution in [0.1, 0.15) is 42.3 Å². The van der Waals surface area contributed by atoms with Gasteiger partial charge in [0.25, 0.3) is 17.7 Å². The van der Waals surface area contributed by atoms with Crippen LogP contribution in [0.3, 0.4) is 0 Å². The van der Waals surface area contributed by atoms with E-state index in [2.05, 4.69) is 15.1 Å². The number of nitrogens with two attached hydrogens (primary N) is 1. The van der Waals surface area contributed by atoms with Crippen LogP contribution in [0.15, 0.2) is 60.7 Å². The number of carbonyl (C=O) groups excluding carboxylic acids is 3. The molecule has 0 atom stereocenters. The van der Waals surface area contributed by atoms with Gasteiger partial charge in [0.05, 0.1) is 28.0 Å². The van der Waals surface area contributed by atoms with Crippen LogP contribution >= 0.6 is 0 Å². The Labute approximate surface area is 219 Å². The molecule has 3 aromatic carbocycles. The van der Waals surface area contributed by atoms with Crippen LogP contribution in [-0.2, 0) is 0 Å². The SMILES string of the molecule is CN1CCN(C(=O)c2ccc(/C=C/c3n[nH]c4ccccc34)c(N3C(=O)c4cccc(N)c4C3=O)c2)CC1. The first-order chi connectivity index (χ1) is 18.4. The van der Waals surface area contributed by atoms with Gasteiger partial charge in [0.1, 0.15) is 0 Å². The fourth-order valence-corrected chi connectivity index (χ4v) is 5.01. The Balaban J connectivity index is 1.43. The summed E-state index contributed by atoms with van der Waals surface area (Å²) in [6, 6.07) is 17.7. The summed E-state index contributed by atoms with van der Waals surface area (Å²) in [5.74, 6) is -1.11. The molecule has 0 aliphatic carbocycles. The molecular formula is C29H26N6O3. The fraction of sp³-hybridized carbons (Fsp3) is 0.172. The topological polar surface area (TPSA) is 116 Å². The highest BCUT2D eigenvalue weighted by Gasteiger charge is 2.39. The van der Waals surface area contributed by atoms with Crippen LogP contribution in [-0.4, -0.2) is 70.9 Å². The largest absolute Gasteiger partial charge is 0.398 e. The first-order valence-electron chi connectivity index (χ1n) is 12.4. The molecule has 4 aromatic rings. The van der Waals surface area contributed by atoms with Gasteiger partial charge in [-0.25, -0.2) is 4.90 Å². The monoisotopic (exact) mass is 506 g/mol. The Hall–Kier alpha value is -4.76. The lowest BCUT2D eigenvalue weighted by Crippen LogP contribution is -2.47. The molecule has 2 aliphatic rings. The Kier molecular flexibility index (Phi) is 5.77. The zero-order valence-corrected chi connectivity index (χ0v) is 20.8. The molecular weight excluding hydrogens is 480 g/mol. The number of H-pyrrole nitrogens is 1. The van der Waals surface area contributed by atoms with Crippen LogP contribution in [0.25, 0.3) is 23.1 Å². The van der Waals surface area contributed by atoms with E-state index in [9.17, 15) is 14.4 Å². The second-order valence-corrected chi connectivity index (χ2v) is 9.57. The number of para-hydroxylation sites is 1. The lowest BCUT2D eigenvalue weighted by molar-refractivity contribution is 0.0663. The second-order valence-electron chi connectivity index (χ2n) is 9.57. The van der Waals surface area contributed by atoms with Gasteiger partial charge in [-0.3, -0.25) is 19.5 Å². The lowest BCUT2D eigenvalue weighted by atomic mass is 10.0. The maximum Gasteiger partial charge on any atom is 0.268 e. The molecule has 1 saturated heterocycles. The number of imide groups is 1. The molecule has 0 radical (unpaired) electrons. The number of benzene rings is 3. The lowest BCUT2D eigenvalue weighted by Gasteiger charge is -2.32. The number of aromatic nitrogens is 2. The minimum atomic E-state index is -0.507. The molecule has 3 amide bonds. The predicted molar refractivity (Wildman–Crippen MR) is 147 cm³/mol. The van der Waals surface area contributed by atoms with E-state index in [1.165, 1.54) is 0 Å². The molecule has 6 rings (SSSR count). The molecule has 0 saturated carbocycles. The Morgan fingerprint density at radius 2 is 1.74 bits per heavy atom. The molecule has 190 valence electrons. The van der Waals surface area contributed by atoms with Crippen LogP contribution in [0.2, 0.25) is 0 Å². The van der Waals surface area contributed by atoms with Gasteiger partial charge in [-0.1, -0.05) is 36.4 Å². The number of hydrogen-bond donors (Lipinski definition) is 2. The zero-order valence-electron chi connectivity index (χ0n) is 20.8. The van der Waals surface area contributed by atoms with E-state index < -0.39 is 11.8 Å². The second kappa shape index (κ2) is 9.28. The average Bonchev–Trinajstić information content (AvgIpc) is 3.46. The number of fused-ring (bicyclic) bond motifs is 2. The summed E-state index contributed by atoms with van der Waals surface area (Å²) in [5.41, 5.74) is 9.70. The molecule has 9 nitrogen and oxygen atoms in total. The summed E-state index contributed by atoms with van der Waals surface area (Å²) < 4.78 is 0. The van der Waals surface area contributed by atoms with Gasteiger partial charge in [-0.05, 0) is 49.0 Å². The summed E-state index contributed by atoms with van der Waals surface area (Å²) in [6.07, 6.45) is 3.63. The van der Waals surface area contributed by atoms with Gasteiger partial charge in [-0.15, -0.1) is 0 Å². The minimum Gasteiger partial charge on any atom is -0.398 e. The molecule has 3 N–H and O–H groups in total. The molecule has 38 heavy (non-hydrogen) atoms. The summed E-state index contributed by atoms with van der Waals surface area (Å²) in [7, 11) is 2.03. The number of hydrogen-bond acceptors (Lipinski definition) is 6. The van der Waals surface area contributed by atoms with Crippen molar-refractivity contribution >= 4 is 52.2 Å². The van der Waals surface area contributed by atoms with Gasteiger partial charge in [0.15, 0.2) is 0 Å². The Bertz CT molecular complexity index is 1630. The van der Waals surface area contributed by atoms with Crippen LogP contribution in [0, 0.1) is 0 Å². The number of nitrogen functional groups attached to an aromatic ring is 1. The number of piperazine rings is 1. The van der Waals surface area contributed by atoms with Crippen molar-refractivity contribution in [1.29, 1.82) is 0 Å². The van der Waals surface area contributed by atoms with Gasteiger partial charge in [0, 0.05) is 42.8 Å². The average molecular weight is 507 g/mol. The van der Waals surface area contributed by atoms with E-state index in [1.54, 1.807) is 47.4 Å². The van der Waals surface area contributed by atoms with Gasteiger partial charge < -0.3 is 15.5 Å². The number of amides is 3. The van der Waals surface area contributed by atoms with Crippen LogP contribution < -0.4 is 10.6 Å². The van der Waals surface area contributed by atoms with Crippen molar-refractivity contribution in [2.24, 2.45) is 0 Å². The van der Waals surface area contributed by atoms with E-state index in [0.717, 1.165) is 34.6 Å². The number of anilines is 2. The van der Waals surface area contributed by atoms with Crippen molar-refractivity contribution in [3.63, 3.8) is 0 Å². The van der Waals surface area contributed by atoms with Crippen LogP contribution in [0.5, 0.6) is 0 Å². The highest BCUT2D eigenvalue weighted by molar-refractivity contribution is 6.36. The molecule has 0 unspecified atom stereocenters. The molecule has 2 aliphatic heterocycles. The third-order valence-corrected chi connectivity index (χ3v) is 7.18. The molecule has 1 fully saturated rings. The van der Waals surface area contributed by atoms with Crippen LogP contribution in [0.4, 0.5) is 11.4 Å². The predicted octanol–water partition coefficient (Wildman–Crippen LogP) is 3.50. The van der Waals surface area contributed by atoms with Crippen molar-refractivity contribution in [3.05, 3.63) is 88.6 Å². The number of nitrogens with one attached hydrogen (secondary N) is 1. The number of rotatable bonds is 4. The normalized spacial score (nSPS) is 16.1. The van der Waals surface area contributed by atoms with E-state index in [4.69, 9.17) is 5.73 Å². The first kappa shape index (κ1) is 23.6. The third kappa shape index (κ3) is 3.93. The minimum absolute atomic E-state index is 0.135.